The van der Waals surface area contributed by atoms with Crippen LogP contribution in [-0.4, -0.2) is 37.3 Å². The van der Waals surface area contributed by atoms with Gasteiger partial charge in [0, 0.05) is 18.6 Å². The molecule has 2 aromatic heterocycles. The quantitative estimate of drug-likeness (QED) is 0.897. The van der Waals surface area contributed by atoms with Crippen molar-refractivity contribution in [1.82, 2.24) is 20.1 Å². The number of carboxylic acid groups (broad SMARTS) is 1. The van der Waals surface area contributed by atoms with Gasteiger partial charge >= 0.3 is 5.97 Å². The predicted molar refractivity (Wildman–Crippen MR) is 88.7 cm³/mol. The summed E-state index contributed by atoms with van der Waals surface area (Å²) in [4.78, 5) is 28.7. The van der Waals surface area contributed by atoms with Crippen molar-refractivity contribution in [3.8, 4) is 0 Å². The molecule has 0 atom stereocenters. The number of hydrogen-bond donors (Lipinski definition) is 2. The highest BCUT2D eigenvalue weighted by Crippen LogP contribution is 2.32. The Labute approximate surface area is 140 Å². The summed E-state index contributed by atoms with van der Waals surface area (Å²) in [6.07, 6.45) is 3.98. The van der Waals surface area contributed by atoms with Crippen molar-refractivity contribution in [2.24, 2.45) is 13.0 Å². The maximum atomic E-state index is 12.6. The van der Waals surface area contributed by atoms with Crippen LogP contribution in [-0.2, 0) is 11.8 Å². The molecule has 1 amide bonds. The van der Waals surface area contributed by atoms with Gasteiger partial charge in [-0.2, -0.15) is 5.10 Å². The lowest BCUT2D eigenvalue weighted by Gasteiger charge is -2.36. The Balaban J connectivity index is 1.88. The van der Waals surface area contributed by atoms with E-state index in [0.29, 0.717) is 30.0 Å². The highest BCUT2D eigenvalue weighted by molar-refractivity contribution is 6.00. The fourth-order valence-corrected chi connectivity index (χ4v) is 3.37. The molecular weight excluding hydrogens is 308 g/mol. The van der Waals surface area contributed by atoms with E-state index in [1.165, 1.54) is 6.20 Å². The van der Waals surface area contributed by atoms with Gasteiger partial charge in [0.15, 0.2) is 5.65 Å². The molecule has 1 saturated carbocycles. The number of fused-ring (bicyclic) bond motifs is 1. The Kier molecular flexibility index (Phi) is 4.03. The third-order valence-electron chi connectivity index (χ3n) is 5.02. The molecule has 24 heavy (non-hydrogen) atoms. The Bertz CT molecular complexity index is 804. The third-order valence-corrected chi connectivity index (χ3v) is 5.02. The number of carboxylic acids is 1. The summed E-state index contributed by atoms with van der Waals surface area (Å²) in [5, 5.41) is 17.5. The summed E-state index contributed by atoms with van der Waals surface area (Å²) in [5.41, 5.74) is 0.665. The van der Waals surface area contributed by atoms with Crippen LogP contribution >= 0.6 is 0 Å². The molecular formula is C17H22N4O3. The first kappa shape index (κ1) is 16.4. The molecule has 0 radical (unpaired) electrons. The number of rotatable bonds is 3. The molecule has 0 saturated heterocycles. The average Bonchev–Trinajstić information content (AvgIpc) is 2.83. The molecule has 0 aromatic carbocycles. The van der Waals surface area contributed by atoms with Gasteiger partial charge in [-0.15, -0.1) is 0 Å². The first-order valence-corrected chi connectivity index (χ1v) is 8.18. The van der Waals surface area contributed by atoms with Gasteiger partial charge in [-0.25, -0.2) is 9.78 Å². The van der Waals surface area contributed by atoms with Gasteiger partial charge in [0.1, 0.15) is 5.54 Å². The molecule has 128 valence electrons. The number of amides is 1. The zero-order valence-electron chi connectivity index (χ0n) is 14.2. The Hall–Kier alpha value is -2.44. The van der Waals surface area contributed by atoms with E-state index in [2.05, 4.69) is 22.3 Å². The Morgan fingerprint density at radius 3 is 2.67 bits per heavy atom. The van der Waals surface area contributed by atoms with Crippen molar-refractivity contribution >= 4 is 22.9 Å². The topological polar surface area (TPSA) is 97.1 Å². The molecule has 0 unspecified atom stereocenters. The molecule has 2 aromatic rings. The number of carbonyl (C=O) groups is 2. The van der Waals surface area contributed by atoms with Crippen LogP contribution in [0, 0.1) is 12.8 Å². The molecule has 7 nitrogen and oxygen atoms in total. The van der Waals surface area contributed by atoms with Crippen molar-refractivity contribution in [2.45, 2.75) is 45.1 Å². The van der Waals surface area contributed by atoms with E-state index >= 15 is 0 Å². The van der Waals surface area contributed by atoms with Gasteiger partial charge in [0.25, 0.3) is 5.91 Å². The Morgan fingerprint density at radius 2 is 2.04 bits per heavy atom. The summed E-state index contributed by atoms with van der Waals surface area (Å²) < 4.78 is 1.66. The van der Waals surface area contributed by atoms with Crippen LogP contribution in [0.1, 0.15) is 48.7 Å². The van der Waals surface area contributed by atoms with Gasteiger partial charge in [-0.3, -0.25) is 9.48 Å². The number of nitrogens with zero attached hydrogens (tertiary/aromatic N) is 3. The Morgan fingerprint density at radius 1 is 1.38 bits per heavy atom. The number of pyridine rings is 1. The first-order valence-electron chi connectivity index (χ1n) is 8.18. The van der Waals surface area contributed by atoms with Gasteiger partial charge in [-0.1, -0.05) is 6.92 Å². The van der Waals surface area contributed by atoms with Crippen LogP contribution in [0.15, 0.2) is 12.3 Å². The molecule has 1 fully saturated rings. The smallest absolute Gasteiger partial charge is 0.329 e. The molecule has 0 aliphatic heterocycles. The second-order valence-electron chi connectivity index (χ2n) is 6.83. The summed E-state index contributed by atoms with van der Waals surface area (Å²) >= 11 is 0. The van der Waals surface area contributed by atoms with E-state index in [0.717, 1.165) is 23.9 Å². The van der Waals surface area contributed by atoms with Gasteiger partial charge < -0.3 is 10.4 Å². The van der Waals surface area contributed by atoms with E-state index in [1.54, 1.807) is 17.8 Å². The molecule has 0 spiro atoms. The van der Waals surface area contributed by atoms with Gasteiger partial charge in [-0.05, 0) is 44.6 Å². The third kappa shape index (κ3) is 2.74. The molecule has 3 rings (SSSR count). The minimum Gasteiger partial charge on any atom is -0.480 e. The lowest BCUT2D eigenvalue weighted by atomic mass is 9.77. The molecule has 7 heteroatoms. The lowest BCUT2D eigenvalue weighted by Crippen LogP contribution is -2.56. The fourth-order valence-electron chi connectivity index (χ4n) is 3.37. The van der Waals surface area contributed by atoms with Gasteiger partial charge in [0.05, 0.1) is 11.3 Å². The number of aryl methyl sites for hydroxylation is 2. The highest BCUT2D eigenvalue weighted by Gasteiger charge is 2.42. The van der Waals surface area contributed by atoms with E-state index in [1.807, 2.05) is 6.92 Å². The number of carbonyl (C=O) groups excluding carboxylic acids is 1. The maximum Gasteiger partial charge on any atom is 0.329 e. The minimum absolute atomic E-state index is 0.359. The monoisotopic (exact) mass is 330 g/mol. The molecule has 1 aliphatic carbocycles. The van der Waals surface area contributed by atoms with Crippen molar-refractivity contribution in [3.05, 3.63) is 23.5 Å². The van der Waals surface area contributed by atoms with E-state index < -0.39 is 17.4 Å². The number of nitrogens with one attached hydrogen (secondary N) is 1. The van der Waals surface area contributed by atoms with Crippen molar-refractivity contribution < 1.29 is 14.7 Å². The van der Waals surface area contributed by atoms with Crippen molar-refractivity contribution in [1.29, 1.82) is 0 Å². The second kappa shape index (κ2) is 5.89. The summed E-state index contributed by atoms with van der Waals surface area (Å²) in [6.45, 7) is 3.96. The average molecular weight is 330 g/mol. The van der Waals surface area contributed by atoms with Gasteiger partial charge in [0.2, 0.25) is 0 Å². The van der Waals surface area contributed by atoms with E-state index in [4.69, 9.17) is 0 Å². The highest BCUT2D eigenvalue weighted by atomic mass is 16.4. The lowest BCUT2D eigenvalue weighted by molar-refractivity contribution is -0.146. The van der Waals surface area contributed by atoms with Crippen molar-refractivity contribution in [3.63, 3.8) is 0 Å². The standard InChI is InChI=1S/C17H22N4O3/c1-10-4-6-17(7-5-10,16(23)24)19-15(22)12-8-13-11(2)20-21(3)14(13)18-9-12/h8-10H,4-7H2,1-3H3,(H,19,22)(H,23,24). The first-order chi connectivity index (χ1) is 11.3. The van der Waals surface area contributed by atoms with E-state index in [-0.39, 0.29) is 0 Å². The number of hydrogen-bond acceptors (Lipinski definition) is 4. The predicted octanol–water partition coefficient (Wildman–Crippen LogP) is 2.04. The fraction of sp³-hybridized carbons (Fsp3) is 0.529. The molecule has 2 N–H and O–H groups in total. The van der Waals surface area contributed by atoms with Crippen LogP contribution in [0.5, 0.6) is 0 Å². The zero-order chi connectivity index (χ0) is 17.5. The number of aromatic nitrogens is 3. The van der Waals surface area contributed by atoms with Crippen LogP contribution in [0.25, 0.3) is 11.0 Å². The number of aliphatic carboxylic acids is 1. The normalized spacial score (nSPS) is 24.0. The molecule has 0 bridgehead atoms. The molecule has 1 aliphatic rings. The summed E-state index contributed by atoms with van der Waals surface area (Å²) in [7, 11) is 1.80. The second-order valence-corrected chi connectivity index (χ2v) is 6.83. The maximum absolute atomic E-state index is 12.6. The van der Waals surface area contributed by atoms with E-state index in [9.17, 15) is 14.7 Å². The summed E-state index contributed by atoms with van der Waals surface area (Å²) in [5.74, 6) is -0.871. The van der Waals surface area contributed by atoms with Crippen LogP contribution in [0.3, 0.4) is 0 Å². The molecule has 2 heterocycles. The van der Waals surface area contributed by atoms with Crippen LogP contribution in [0.2, 0.25) is 0 Å². The zero-order valence-corrected chi connectivity index (χ0v) is 14.2. The van der Waals surface area contributed by atoms with Crippen LogP contribution < -0.4 is 5.32 Å². The van der Waals surface area contributed by atoms with Crippen molar-refractivity contribution in [2.75, 3.05) is 0 Å². The SMILES string of the molecule is Cc1nn(C)c2ncc(C(=O)NC3(C(=O)O)CCC(C)CC3)cc12. The van der Waals surface area contributed by atoms with Crippen LogP contribution in [0.4, 0.5) is 0 Å². The summed E-state index contributed by atoms with van der Waals surface area (Å²) in [6, 6.07) is 1.72. The minimum atomic E-state index is -1.18. The largest absolute Gasteiger partial charge is 0.480 e.